The van der Waals surface area contributed by atoms with Crippen molar-refractivity contribution in [1.82, 2.24) is 4.57 Å². The second-order valence-electron chi connectivity index (χ2n) is 14.5. The molecular formula is C54H36N2. The van der Waals surface area contributed by atoms with Gasteiger partial charge in [-0.25, -0.2) is 0 Å². The van der Waals surface area contributed by atoms with E-state index in [1.807, 2.05) is 0 Å². The van der Waals surface area contributed by atoms with E-state index < -0.39 is 0 Å². The molecule has 11 aromatic rings. The molecule has 0 spiro atoms. The normalized spacial score (nSPS) is 11.6. The van der Waals surface area contributed by atoms with E-state index >= 15 is 0 Å². The van der Waals surface area contributed by atoms with Crippen LogP contribution in [0.15, 0.2) is 218 Å². The van der Waals surface area contributed by atoms with Crippen molar-refractivity contribution in [3.8, 4) is 27.9 Å². The molecule has 0 N–H and O–H groups in total. The molecule has 0 aliphatic heterocycles. The van der Waals surface area contributed by atoms with Gasteiger partial charge in [0.15, 0.2) is 0 Å². The first-order valence-corrected chi connectivity index (χ1v) is 19.3. The van der Waals surface area contributed by atoms with E-state index in [4.69, 9.17) is 0 Å². The van der Waals surface area contributed by atoms with Gasteiger partial charge >= 0.3 is 0 Å². The lowest BCUT2D eigenvalue weighted by Gasteiger charge is -2.28. The van der Waals surface area contributed by atoms with E-state index in [-0.39, 0.29) is 0 Å². The van der Waals surface area contributed by atoms with Gasteiger partial charge in [-0.2, -0.15) is 0 Å². The summed E-state index contributed by atoms with van der Waals surface area (Å²) in [6, 6.07) is 79.4. The summed E-state index contributed by atoms with van der Waals surface area (Å²) >= 11 is 0. The second-order valence-corrected chi connectivity index (χ2v) is 14.5. The van der Waals surface area contributed by atoms with Gasteiger partial charge in [0.05, 0.1) is 16.7 Å². The number of hydrogen-bond acceptors (Lipinski definition) is 1. The third kappa shape index (κ3) is 5.26. The molecule has 0 amide bonds. The zero-order valence-electron chi connectivity index (χ0n) is 30.7. The lowest BCUT2D eigenvalue weighted by molar-refractivity contribution is 1.19. The van der Waals surface area contributed by atoms with Gasteiger partial charge in [0.25, 0.3) is 0 Å². The van der Waals surface area contributed by atoms with Gasteiger partial charge < -0.3 is 9.47 Å². The van der Waals surface area contributed by atoms with Crippen molar-refractivity contribution in [2.75, 3.05) is 4.90 Å². The molecule has 2 nitrogen and oxygen atoms in total. The summed E-state index contributed by atoms with van der Waals surface area (Å²) in [6.45, 7) is 0. The first-order valence-electron chi connectivity index (χ1n) is 19.3. The fourth-order valence-corrected chi connectivity index (χ4v) is 8.69. The van der Waals surface area contributed by atoms with Crippen LogP contribution >= 0.6 is 0 Å². The van der Waals surface area contributed by atoms with E-state index in [2.05, 4.69) is 228 Å². The highest BCUT2D eigenvalue weighted by Gasteiger charge is 2.19. The Morgan fingerprint density at radius 3 is 1.54 bits per heavy atom. The summed E-state index contributed by atoms with van der Waals surface area (Å²) in [7, 11) is 0. The number of fused-ring (bicyclic) bond motifs is 8. The third-order valence-corrected chi connectivity index (χ3v) is 11.3. The fraction of sp³-hybridized carbons (Fsp3) is 0. The molecule has 0 saturated heterocycles. The predicted molar refractivity (Wildman–Crippen MR) is 239 cm³/mol. The summed E-state index contributed by atoms with van der Waals surface area (Å²) in [4.78, 5) is 2.41. The summed E-state index contributed by atoms with van der Waals surface area (Å²) in [6.07, 6.45) is 0. The first kappa shape index (κ1) is 32.0. The molecule has 10 aromatic carbocycles. The van der Waals surface area contributed by atoms with Gasteiger partial charge in [-0.1, -0.05) is 170 Å². The molecule has 2 heteroatoms. The van der Waals surface area contributed by atoms with E-state index in [0.29, 0.717) is 0 Å². The number of rotatable bonds is 6. The summed E-state index contributed by atoms with van der Waals surface area (Å²) in [5.74, 6) is 0. The molecule has 0 saturated carbocycles. The third-order valence-electron chi connectivity index (χ3n) is 11.3. The van der Waals surface area contributed by atoms with Crippen molar-refractivity contribution in [2.24, 2.45) is 0 Å². The molecule has 0 radical (unpaired) electrons. The van der Waals surface area contributed by atoms with Crippen molar-refractivity contribution in [3.63, 3.8) is 0 Å². The Kier molecular flexibility index (Phi) is 7.53. The Balaban J connectivity index is 1.07. The topological polar surface area (TPSA) is 8.17 Å². The van der Waals surface area contributed by atoms with Gasteiger partial charge in [-0.05, 0) is 92.3 Å². The molecule has 1 heterocycles. The van der Waals surface area contributed by atoms with E-state index in [9.17, 15) is 0 Å². The summed E-state index contributed by atoms with van der Waals surface area (Å²) < 4.78 is 2.44. The highest BCUT2D eigenvalue weighted by atomic mass is 15.1. The Bertz CT molecular complexity index is 3210. The van der Waals surface area contributed by atoms with Crippen LogP contribution in [0.1, 0.15) is 0 Å². The van der Waals surface area contributed by atoms with Gasteiger partial charge in [0.2, 0.25) is 0 Å². The SMILES string of the molecule is c1ccc(-c2ccc(N(c3ccc(-c4ccc5c6ccc7ccccc7c6n(-c6ccccc6)c5c4)cc3)c3cc4ccccc4c4ccccc34)cc2)cc1. The van der Waals surface area contributed by atoms with E-state index in [1.54, 1.807) is 0 Å². The van der Waals surface area contributed by atoms with Crippen molar-refractivity contribution < 1.29 is 0 Å². The Labute approximate surface area is 325 Å². The Morgan fingerprint density at radius 2 is 0.821 bits per heavy atom. The minimum atomic E-state index is 1.10. The standard InChI is InChI=1S/C54H36N2/c1-3-13-37(14-4-1)38-23-29-44(30-24-38)55(52-36-42-16-8-9-19-46(42)48-21-11-12-22-49(48)52)45-31-25-39(26-32-45)41-28-33-50-51-34-27-40-15-7-10-20-47(40)54(51)56(53(50)35-41)43-17-5-2-6-18-43/h1-36H. The highest BCUT2D eigenvalue weighted by Crippen LogP contribution is 2.44. The van der Waals surface area contributed by atoms with Gasteiger partial charge in [-0.3, -0.25) is 0 Å². The lowest BCUT2D eigenvalue weighted by Crippen LogP contribution is -2.10. The molecular weight excluding hydrogens is 677 g/mol. The summed E-state index contributed by atoms with van der Waals surface area (Å²) in [5.41, 5.74) is 11.7. The van der Waals surface area contributed by atoms with Crippen LogP contribution in [-0.2, 0) is 0 Å². The van der Waals surface area contributed by atoms with Crippen LogP contribution in [-0.4, -0.2) is 4.57 Å². The number of nitrogens with zero attached hydrogens (tertiary/aromatic N) is 2. The predicted octanol–water partition coefficient (Wildman–Crippen LogP) is 15.0. The van der Waals surface area contributed by atoms with Crippen LogP contribution in [0.4, 0.5) is 17.1 Å². The number of para-hydroxylation sites is 1. The van der Waals surface area contributed by atoms with Crippen LogP contribution in [0.2, 0.25) is 0 Å². The first-order chi connectivity index (χ1) is 27.8. The molecule has 1 aromatic heterocycles. The van der Waals surface area contributed by atoms with Crippen LogP contribution < -0.4 is 4.90 Å². The molecule has 56 heavy (non-hydrogen) atoms. The maximum atomic E-state index is 2.44. The number of benzene rings is 10. The monoisotopic (exact) mass is 712 g/mol. The average molecular weight is 713 g/mol. The maximum absolute atomic E-state index is 2.44. The van der Waals surface area contributed by atoms with Crippen LogP contribution in [0.3, 0.4) is 0 Å². The number of anilines is 3. The van der Waals surface area contributed by atoms with Crippen molar-refractivity contribution in [1.29, 1.82) is 0 Å². The smallest absolute Gasteiger partial charge is 0.0619 e. The van der Waals surface area contributed by atoms with Crippen LogP contribution in [0, 0.1) is 0 Å². The Morgan fingerprint density at radius 1 is 0.304 bits per heavy atom. The van der Waals surface area contributed by atoms with Crippen LogP contribution in [0.25, 0.3) is 82.1 Å². The average Bonchev–Trinajstić information content (AvgIpc) is 3.62. The molecule has 0 aliphatic carbocycles. The zero-order valence-corrected chi connectivity index (χ0v) is 30.7. The minimum Gasteiger partial charge on any atom is -0.310 e. The van der Waals surface area contributed by atoms with Crippen molar-refractivity contribution >= 4 is 71.2 Å². The molecule has 0 bridgehead atoms. The molecule has 0 atom stereocenters. The van der Waals surface area contributed by atoms with E-state index in [1.165, 1.54) is 76.4 Å². The Hall–Kier alpha value is -7.42. The lowest BCUT2D eigenvalue weighted by atomic mass is 9.98. The molecule has 0 fully saturated rings. The second kappa shape index (κ2) is 13.2. The molecule has 262 valence electrons. The summed E-state index contributed by atoms with van der Waals surface area (Å²) in [5, 5.41) is 9.97. The van der Waals surface area contributed by atoms with Crippen molar-refractivity contribution in [2.45, 2.75) is 0 Å². The minimum absolute atomic E-state index is 1.10. The van der Waals surface area contributed by atoms with Crippen molar-refractivity contribution in [3.05, 3.63) is 218 Å². The number of hydrogen-bond donors (Lipinski definition) is 0. The number of aromatic nitrogens is 1. The van der Waals surface area contributed by atoms with Crippen LogP contribution in [0.5, 0.6) is 0 Å². The molecule has 11 rings (SSSR count). The van der Waals surface area contributed by atoms with Gasteiger partial charge in [0, 0.05) is 38.6 Å². The largest absolute Gasteiger partial charge is 0.310 e. The van der Waals surface area contributed by atoms with E-state index in [0.717, 1.165) is 22.7 Å². The quantitative estimate of drug-likeness (QED) is 0.156. The fourth-order valence-electron chi connectivity index (χ4n) is 8.69. The van der Waals surface area contributed by atoms with Gasteiger partial charge in [0.1, 0.15) is 0 Å². The van der Waals surface area contributed by atoms with Gasteiger partial charge in [-0.15, -0.1) is 0 Å². The molecule has 0 unspecified atom stereocenters. The highest BCUT2D eigenvalue weighted by molar-refractivity contribution is 6.19. The maximum Gasteiger partial charge on any atom is 0.0619 e. The zero-order chi connectivity index (χ0) is 37.0. The molecule has 0 aliphatic rings.